The topological polar surface area (TPSA) is 30.5 Å². The van der Waals surface area contributed by atoms with Gasteiger partial charge in [0.1, 0.15) is 5.75 Å². The molecule has 1 aromatic rings. The molecular formula is C14H20BrNO2. The number of hydrogen-bond acceptors (Lipinski definition) is 3. The van der Waals surface area contributed by atoms with E-state index in [0.717, 1.165) is 36.2 Å². The summed E-state index contributed by atoms with van der Waals surface area (Å²) >= 11 is 3.53. The summed E-state index contributed by atoms with van der Waals surface area (Å²) in [5.74, 6) is 0.916. The van der Waals surface area contributed by atoms with Crippen LogP contribution in [0.15, 0.2) is 22.7 Å². The number of likely N-dealkylation sites (N-methyl/N-ethyl adjacent to an activating group) is 1. The fraction of sp³-hybridized carbons (Fsp3) is 0.571. The van der Waals surface area contributed by atoms with E-state index in [1.165, 1.54) is 5.56 Å². The van der Waals surface area contributed by atoms with Gasteiger partial charge in [-0.25, -0.2) is 0 Å². The summed E-state index contributed by atoms with van der Waals surface area (Å²) in [6, 6.07) is 6.32. The quantitative estimate of drug-likeness (QED) is 0.905. The first kappa shape index (κ1) is 13.8. The lowest BCUT2D eigenvalue weighted by Gasteiger charge is -2.26. The number of nitrogens with one attached hydrogen (secondary N) is 1. The van der Waals surface area contributed by atoms with E-state index in [1.54, 1.807) is 7.11 Å². The monoisotopic (exact) mass is 313 g/mol. The average molecular weight is 314 g/mol. The minimum atomic E-state index is 0.199. The third-order valence-electron chi connectivity index (χ3n) is 3.29. The minimum absolute atomic E-state index is 0.199. The molecule has 18 heavy (non-hydrogen) atoms. The van der Waals surface area contributed by atoms with Crippen LogP contribution in [0.4, 0.5) is 0 Å². The molecule has 0 spiro atoms. The van der Waals surface area contributed by atoms with E-state index < -0.39 is 0 Å². The van der Waals surface area contributed by atoms with Gasteiger partial charge < -0.3 is 14.8 Å². The molecule has 1 N–H and O–H groups in total. The highest BCUT2D eigenvalue weighted by Gasteiger charge is 2.28. The third kappa shape index (κ3) is 3.05. The highest BCUT2D eigenvalue weighted by Crippen LogP contribution is 2.34. The molecule has 100 valence electrons. The summed E-state index contributed by atoms with van der Waals surface area (Å²) < 4.78 is 12.4. The number of benzene rings is 1. The normalized spacial score (nSPS) is 20.9. The lowest BCUT2D eigenvalue weighted by atomic mass is 9.98. The molecule has 4 heteroatoms. The predicted molar refractivity (Wildman–Crippen MR) is 76.1 cm³/mol. The van der Waals surface area contributed by atoms with Gasteiger partial charge in [0, 0.05) is 16.6 Å². The van der Waals surface area contributed by atoms with Gasteiger partial charge >= 0.3 is 0 Å². The van der Waals surface area contributed by atoms with E-state index >= 15 is 0 Å². The number of ether oxygens (including phenoxy) is 2. The molecule has 1 aromatic carbocycles. The van der Waals surface area contributed by atoms with E-state index in [9.17, 15) is 0 Å². The smallest absolute Gasteiger partial charge is 0.123 e. The van der Waals surface area contributed by atoms with Crippen LogP contribution >= 0.6 is 15.9 Å². The second kappa shape index (κ2) is 6.55. The van der Waals surface area contributed by atoms with Crippen LogP contribution in [-0.2, 0) is 4.74 Å². The molecule has 1 heterocycles. The van der Waals surface area contributed by atoms with Gasteiger partial charge in [0.05, 0.1) is 19.3 Å². The molecule has 1 saturated heterocycles. The Morgan fingerprint density at radius 3 is 3.00 bits per heavy atom. The molecule has 0 radical (unpaired) electrons. The number of methoxy groups -OCH3 is 1. The Kier molecular flexibility index (Phi) is 5.03. The second-order valence-corrected chi connectivity index (χ2v) is 5.39. The van der Waals surface area contributed by atoms with Crippen LogP contribution in [0.3, 0.4) is 0 Å². The van der Waals surface area contributed by atoms with Gasteiger partial charge in [0.2, 0.25) is 0 Å². The van der Waals surface area contributed by atoms with Crippen molar-refractivity contribution in [3.05, 3.63) is 28.2 Å². The molecular weight excluding hydrogens is 294 g/mol. The Bertz CT molecular complexity index is 391. The maximum Gasteiger partial charge on any atom is 0.123 e. The molecule has 2 unspecified atom stereocenters. The first-order chi connectivity index (χ1) is 8.76. The van der Waals surface area contributed by atoms with E-state index in [1.807, 2.05) is 12.1 Å². The van der Waals surface area contributed by atoms with Crippen molar-refractivity contribution in [2.24, 2.45) is 0 Å². The van der Waals surface area contributed by atoms with Gasteiger partial charge in [-0.05, 0) is 37.6 Å². The van der Waals surface area contributed by atoms with E-state index in [2.05, 4.69) is 34.2 Å². The summed E-state index contributed by atoms with van der Waals surface area (Å²) in [7, 11) is 1.71. The molecule has 3 nitrogen and oxygen atoms in total. The summed E-state index contributed by atoms with van der Waals surface area (Å²) in [6.07, 6.45) is 2.49. The van der Waals surface area contributed by atoms with Crippen molar-refractivity contribution >= 4 is 15.9 Å². The number of halogens is 1. The Balaban J connectivity index is 2.31. The molecule has 0 aliphatic carbocycles. The Morgan fingerprint density at radius 2 is 2.39 bits per heavy atom. The molecule has 1 aliphatic heterocycles. The Labute approximate surface area is 117 Å². The predicted octanol–water partition coefficient (Wildman–Crippen LogP) is 3.29. The van der Waals surface area contributed by atoms with Gasteiger partial charge in [0.25, 0.3) is 0 Å². The van der Waals surface area contributed by atoms with Gasteiger partial charge in [-0.1, -0.05) is 22.9 Å². The van der Waals surface area contributed by atoms with Gasteiger partial charge in [-0.2, -0.15) is 0 Å². The molecule has 0 bridgehead atoms. The van der Waals surface area contributed by atoms with Gasteiger partial charge in [0.15, 0.2) is 0 Å². The van der Waals surface area contributed by atoms with Crippen LogP contribution in [0.1, 0.15) is 31.4 Å². The fourth-order valence-corrected chi connectivity index (χ4v) is 2.85. The van der Waals surface area contributed by atoms with Crippen molar-refractivity contribution in [3.63, 3.8) is 0 Å². The van der Waals surface area contributed by atoms with Gasteiger partial charge in [-0.15, -0.1) is 0 Å². The number of rotatable bonds is 5. The summed E-state index contributed by atoms with van der Waals surface area (Å²) in [6.45, 7) is 3.90. The third-order valence-corrected chi connectivity index (χ3v) is 3.78. The van der Waals surface area contributed by atoms with Crippen molar-refractivity contribution in [3.8, 4) is 5.75 Å². The lowest BCUT2D eigenvalue weighted by Crippen LogP contribution is -2.31. The maximum atomic E-state index is 5.83. The van der Waals surface area contributed by atoms with Crippen molar-refractivity contribution in [1.29, 1.82) is 0 Å². The van der Waals surface area contributed by atoms with Crippen molar-refractivity contribution in [1.82, 2.24) is 5.32 Å². The zero-order valence-electron chi connectivity index (χ0n) is 10.9. The van der Waals surface area contributed by atoms with Crippen molar-refractivity contribution < 1.29 is 9.47 Å². The van der Waals surface area contributed by atoms with Crippen LogP contribution in [0.5, 0.6) is 5.75 Å². The zero-order valence-corrected chi connectivity index (χ0v) is 12.5. The zero-order chi connectivity index (χ0) is 13.0. The van der Waals surface area contributed by atoms with E-state index in [4.69, 9.17) is 9.47 Å². The first-order valence-corrected chi connectivity index (χ1v) is 7.24. The fourth-order valence-electron chi connectivity index (χ4n) is 2.48. The Hall–Kier alpha value is -0.580. The van der Waals surface area contributed by atoms with E-state index in [0.29, 0.717) is 0 Å². The first-order valence-electron chi connectivity index (χ1n) is 6.44. The highest BCUT2D eigenvalue weighted by molar-refractivity contribution is 9.10. The van der Waals surface area contributed by atoms with E-state index in [-0.39, 0.29) is 12.1 Å². The second-order valence-electron chi connectivity index (χ2n) is 4.47. The standard InChI is InChI=1S/C14H20BrNO2/c1-3-16-14(13-5-4-8-18-13)11-9-10(15)6-7-12(11)17-2/h6-7,9,13-14,16H,3-5,8H2,1-2H3. The molecule has 2 rings (SSSR count). The molecule has 1 fully saturated rings. The van der Waals surface area contributed by atoms with Crippen LogP contribution in [0.25, 0.3) is 0 Å². The molecule has 0 aromatic heterocycles. The summed E-state index contributed by atoms with van der Waals surface area (Å²) in [5.41, 5.74) is 1.17. The largest absolute Gasteiger partial charge is 0.496 e. The van der Waals surface area contributed by atoms with Crippen molar-refractivity contribution in [2.45, 2.75) is 31.9 Å². The SMILES string of the molecule is CCNC(c1cc(Br)ccc1OC)C1CCCO1. The molecule has 0 saturated carbocycles. The van der Waals surface area contributed by atoms with Gasteiger partial charge in [-0.3, -0.25) is 0 Å². The average Bonchev–Trinajstić information content (AvgIpc) is 2.89. The lowest BCUT2D eigenvalue weighted by molar-refractivity contribution is 0.0779. The van der Waals surface area contributed by atoms with Crippen LogP contribution in [0, 0.1) is 0 Å². The highest BCUT2D eigenvalue weighted by atomic mass is 79.9. The maximum absolute atomic E-state index is 5.83. The minimum Gasteiger partial charge on any atom is -0.496 e. The van der Waals surface area contributed by atoms with Crippen LogP contribution < -0.4 is 10.1 Å². The molecule has 2 atom stereocenters. The van der Waals surface area contributed by atoms with Crippen LogP contribution in [0.2, 0.25) is 0 Å². The molecule has 1 aliphatic rings. The van der Waals surface area contributed by atoms with Crippen molar-refractivity contribution in [2.75, 3.05) is 20.3 Å². The Morgan fingerprint density at radius 1 is 1.56 bits per heavy atom. The number of hydrogen-bond donors (Lipinski definition) is 1. The van der Waals surface area contributed by atoms with Crippen LogP contribution in [-0.4, -0.2) is 26.4 Å². The summed E-state index contributed by atoms with van der Waals surface area (Å²) in [4.78, 5) is 0. The summed E-state index contributed by atoms with van der Waals surface area (Å²) in [5, 5.41) is 3.52. The molecule has 0 amide bonds.